The predicted octanol–water partition coefficient (Wildman–Crippen LogP) is 2.71. The first kappa shape index (κ1) is 17.5. The average molecular weight is 319 g/mol. The molecule has 1 heterocycles. The third kappa shape index (κ3) is 5.36. The molecule has 1 aliphatic heterocycles. The van der Waals surface area contributed by atoms with Gasteiger partial charge >= 0.3 is 11.9 Å². The third-order valence-electron chi connectivity index (χ3n) is 4.26. The molecular weight excluding hydrogens is 294 g/mol. The number of rotatable bonds is 5. The van der Waals surface area contributed by atoms with Crippen molar-refractivity contribution in [2.24, 2.45) is 0 Å². The van der Waals surface area contributed by atoms with Crippen LogP contribution in [0.15, 0.2) is 30.3 Å². The van der Waals surface area contributed by atoms with Crippen LogP contribution in [0, 0.1) is 0 Å². The van der Waals surface area contributed by atoms with Gasteiger partial charge in [-0.1, -0.05) is 30.3 Å². The highest BCUT2D eigenvalue weighted by Gasteiger charge is 2.31. The molecular formula is C18H25NO4. The minimum Gasteiger partial charge on any atom is -0.462 e. The molecule has 5 nitrogen and oxygen atoms in total. The SMILES string of the molecule is CC(=O)O[C@@H]1CCN(C)[C@@H](C[C@H](OC(C)=O)c2ccccc2)C1. The number of esters is 2. The van der Waals surface area contributed by atoms with Gasteiger partial charge in [0.15, 0.2) is 0 Å². The van der Waals surface area contributed by atoms with Gasteiger partial charge in [0, 0.05) is 39.3 Å². The van der Waals surface area contributed by atoms with Crippen molar-refractivity contribution in [3.8, 4) is 0 Å². The zero-order valence-electron chi connectivity index (χ0n) is 14.0. The first-order valence-electron chi connectivity index (χ1n) is 8.05. The molecule has 1 aromatic carbocycles. The van der Waals surface area contributed by atoms with E-state index in [0.29, 0.717) is 6.42 Å². The number of carbonyl (C=O) groups excluding carboxylic acids is 2. The normalized spacial score (nSPS) is 23.1. The lowest BCUT2D eigenvalue weighted by Gasteiger charge is -2.38. The Balaban J connectivity index is 2.07. The van der Waals surface area contributed by atoms with Crippen LogP contribution in [0.4, 0.5) is 0 Å². The fourth-order valence-corrected chi connectivity index (χ4v) is 3.12. The minimum absolute atomic E-state index is 0.0533. The van der Waals surface area contributed by atoms with Crippen LogP contribution >= 0.6 is 0 Å². The van der Waals surface area contributed by atoms with Gasteiger partial charge in [0.05, 0.1) is 0 Å². The smallest absolute Gasteiger partial charge is 0.303 e. The second-order valence-electron chi connectivity index (χ2n) is 6.13. The van der Waals surface area contributed by atoms with E-state index in [9.17, 15) is 9.59 Å². The molecule has 0 N–H and O–H groups in total. The van der Waals surface area contributed by atoms with Crippen molar-refractivity contribution in [1.82, 2.24) is 4.90 Å². The van der Waals surface area contributed by atoms with E-state index >= 15 is 0 Å². The molecule has 0 aromatic heterocycles. The summed E-state index contributed by atoms with van der Waals surface area (Å²) in [7, 11) is 2.06. The molecule has 0 aliphatic carbocycles. The topological polar surface area (TPSA) is 55.8 Å². The fraction of sp³-hybridized carbons (Fsp3) is 0.556. The van der Waals surface area contributed by atoms with Crippen LogP contribution in [-0.2, 0) is 19.1 Å². The average Bonchev–Trinajstić information content (AvgIpc) is 2.50. The first-order valence-corrected chi connectivity index (χ1v) is 8.05. The lowest BCUT2D eigenvalue weighted by Crippen LogP contribution is -2.44. The maximum absolute atomic E-state index is 11.5. The van der Waals surface area contributed by atoms with Gasteiger partial charge in [-0.3, -0.25) is 9.59 Å². The van der Waals surface area contributed by atoms with Gasteiger partial charge in [-0.2, -0.15) is 0 Å². The Bertz CT molecular complexity index is 531. The largest absolute Gasteiger partial charge is 0.462 e. The van der Waals surface area contributed by atoms with Crippen molar-refractivity contribution in [1.29, 1.82) is 0 Å². The number of benzene rings is 1. The van der Waals surface area contributed by atoms with E-state index in [1.165, 1.54) is 13.8 Å². The second-order valence-corrected chi connectivity index (χ2v) is 6.13. The van der Waals surface area contributed by atoms with Crippen LogP contribution in [0.5, 0.6) is 0 Å². The highest BCUT2D eigenvalue weighted by Crippen LogP contribution is 2.29. The van der Waals surface area contributed by atoms with E-state index in [4.69, 9.17) is 9.47 Å². The van der Waals surface area contributed by atoms with Crippen molar-refractivity contribution in [3.63, 3.8) is 0 Å². The second kappa shape index (κ2) is 8.11. The molecule has 126 valence electrons. The first-order chi connectivity index (χ1) is 11.0. The Hall–Kier alpha value is -1.88. The number of carbonyl (C=O) groups is 2. The number of nitrogens with zero attached hydrogens (tertiary/aromatic N) is 1. The Morgan fingerprint density at radius 3 is 2.52 bits per heavy atom. The Morgan fingerprint density at radius 1 is 1.22 bits per heavy atom. The number of ether oxygens (including phenoxy) is 2. The summed E-state index contributed by atoms with van der Waals surface area (Å²) in [6.07, 6.45) is 1.97. The molecule has 1 saturated heterocycles. The Morgan fingerprint density at radius 2 is 1.91 bits per heavy atom. The van der Waals surface area contributed by atoms with Gasteiger partial charge in [-0.05, 0) is 19.0 Å². The van der Waals surface area contributed by atoms with E-state index in [1.54, 1.807) is 0 Å². The van der Waals surface area contributed by atoms with Crippen LogP contribution in [0.25, 0.3) is 0 Å². The van der Waals surface area contributed by atoms with Gasteiger partial charge in [-0.25, -0.2) is 0 Å². The van der Waals surface area contributed by atoms with E-state index in [0.717, 1.165) is 24.9 Å². The van der Waals surface area contributed by atoms with Gasteiger partial charge in [-0.15, -0.1) is 0 Å². The van der Waals surface area contributed by atoms with Crippen LogP contribution in [0.1, 0.15) is 44.8 Å². The summed E-state index contributed by atoms with van der Waals surface area (Å²) >= 11 is 0. The molecule has 0 spiro atoms. The minimum atomic E-state index is -0.283. The molecule has 5 heteroatoms. The summed E-state index contributed by atoms with van der Waals surface area (Å²) in [6, 6.07) is 9.98. The van der Waals surface area contributed by atoms with Crippen molar-refractivity contribution in [3.05, 3.63) is 35.9 Å². The third-order valence-corrected chi connectivity index (χ3v) is 4.26. The lowest BCUT2D eigenvalue weighted by molar-refractivity contribution is -0.150. The monoisotopic (exact) mass is 319 g/mol. The molecule has 0 radical (unpaired) electrons. The predicted molar refractivity (Wildman–Crippen MR) is 86.8 cm³/mol. The summed E-state index contributed by atoms with van der Waals surface area (Å²) in [4.78, 5) is 24.9. The zero-order chi connectivity index (χ0) is 16.8. The number of hydrogen-bond donors (Lipinski definition) is 0. The van der Waals surface area contributed by atoms with Gasteiger partial charge in [0.1, 0.15) is 12.2 Å². The van der Waals surface area contributed by atoms with E-state index in [2.05, 4.69) is 11.9 Å². The summed E-state index contributed by atoms with van der Waals surface area (Å²) < 4.78 is 10.9. The van der Waals surface area contributed by atoms with Gasteiger partial charge < -0.3 is 14.4 Å². The highest BCUT2D eigenvalue weighted by molar-refractivity contribution is 5.66. The summed E-state index contributed by atoms with van der Waals surface area (Å²) in [5.74, 6) is -0.522. The van der Waals surface area contributed by atoms with Crippen LogP contribution in [-0.4, -0.2) is 42.6 Å². The molecule has 0 saturated carbocycles. The van der Waals surface area contributed by atoms with Crippen molar-refractivity contribution in [2.75, 3.05) is 13.6 Å². The molecule has 23 heavy (non-hydrogen) atoms. The highest BCUT2D eigenvalue weighted by atomic mass is 16.5. The van der Waals surface area contributed by atoms with Gasteiger partial charge in [0.2, 0.25) is 0 Å². The fourth-order valence-electron chi connectivity index (χ4n) is 3.12. The van der Waals surface area contributed by atoms with Gasteiger partial charge in [0.25, 0.3) is 0 Å². The summed E-state index contributed by atoms with van der Waals surface area (Å²) in [5, 5.41) is 0. The number of piperidine rings is 1. The molecule has 1 fully saturated rings. The Labute approximate surface area is 137 Å². The molecule has 1 aromatic rings. The summed E-state index contributed by atoms with van der Waals surface area (Å²) in [5.41, 5.74) is 0.991. The van der Waals surface area contributed by atoms with Crippen LogP contribution < -0.4 is 0 Å². The van der Waals surface area contributed by atoms with E-state index in [-0.39, 0.29) is 30.2 Å². The number of likely N-dealkylation sites (tertiary alicyclic amines) is 1. The van der Waals surface area contributed by atoms with E-state index < -0.39 is 0 Å². The molecule has 0 bridgehead atoms. The van der Waals surface area contributed by atoms with Crippen LogP contribution in [0.2, 0.25) is 0 Å². The molecule has 2 rings (SSSR count). The maximum Gasteiger partial charge on any atom is 0.303 e. The molecule has 0 unspecified atom stereocenters. The molecule has 1 aliphatic rings. The van der Waals surface area contributed by atoms with Crippen molar-refractivity contribution in [2.45, 2.75) is 51.4 Å². The van der Waals surface area contributed by atoms with Crippen molar-refractivity contribution < 1.29 is 19.1 Å². The van der Waals surface area contributed by atoms with Crippen molar-refractivity contribution >= 4 is 11.9 Å². The maximum atomic E-state index is 11.5. The quantitative estimate of drug-likeness (QED) is 0.781. The summed E-state index contributed by atoms with van der Waals surface area (Å²) in [6.45, 7) is 3.74. The van der Waals surface area contributed by atoms with E-state index in [1.807, 2.05) is 30.3 Å². The molecule has 0 amide bonds. The number of hydrogen-bond acceptors (Lipinski definition) is 5. The lowest BCUT2D eigenvalue weighted by atomic mass is 9.92. The Kier molecular flexibility index (Phi) is 6.16. The molecule has 3 atom stereocenters. The zero-order valence-corrected chi connectivity index (χ0v) is 14.0. The standard InChI is InChI=1S/C18H25NO4/c1-13(20)22-17-9-10-19(3)16(11-17)12-18(23-14(2)21)15-7-5-4-6-8-15/h4-8,16-18H,9-12H2,1-3H3/t16-,17-,18+/m1/s1. The van der Waals surface area contributed by atoms with Crippen LogP contribution in [0.3, 0.4) is 0 Å².